The van der Waals surface area contributed by atoms with Crippen molar-refractivity contribution in [2.45, 2.75) is 32.3 Å². The molecule has 5 nitrogen and oxygen atoms in total. The summed E-state index contributed by atoms with van der Waals surface area (Å²) < 4.78 is 5.39. The van der Waals surface area contributed by atoms with Gasteiger partial charge in [0.15, 0.2) is 0 Å². The first-order valence-corrected chi connectivity index (χ1v) is 7.69. The SMILES string of the molecule is Cc1ccc([C@@](C)(O)CNC(=O)CCc2ccc(O)c(Cl)c2)o1. The van der Waals surface area contributed by atoms with Gasteiger partial charge in [0, 0.05) is 6.42 Å². The number of furan rings is 1. The normalized spacial score (nSPS) is 13.6. The number of aromatic hydroxyl groups is 1. The molecule has 23 heavy (non-hydrogen) atoms. The topological polar surface area (TPSA) is 82.7 Å². The number of aryl methyl sites for hydroxylation is 2. The van der Waals surface area contributed by atoms with E-state index in [0.717, 1.165) is 5.56 Å². The van der Waals surface area contributed by atoms with E-state index < -0.39 is 5.60 Å². The zero-order valence-electron chi connectivity index (χ0n) is 13.1. The van der Waals surface area contributed by atoms with Gasteiger partial charge in [-0.15, -0.1) is 0 Å². The van der Waals surface area contributed by atoms with Gasteiger partial charge in [-0.05, 0) is 50.1 Å². The van der Waals surface area contributed by atoms with Crippen LogP contribution in [0.1, 0.15) is 30.4 Å². The molecule has 0 aliphatic heterocycles. The summed E-state index contributed by atoms with van der Waals surface area (Å²) >= 11 is 5.83. The Hall–Kier alpha value is -1.98. The van der Waals surface area contributed by atoms with Crippen LogP contribution in [0.25, 0.3) is 0 Å². The highest BCUT2D eigenvalue weighted by atomic mass is 35.5. The number of hydrogen-bond acceptors (Lipinski definition) is 4. The van der Waals surface area contributed by atoms with Crippen LogP contribution in [0.3, 0.4) is 0 Å². The average Bonchev–Trinajstić information content (AvgIpc) is 2.94. The molecule has 0 saturated carbocycles. The van der Waals surface area contributed by atoms with Crippen LogP contribution in [0, 0.1) is 6.92 Å². The van der Waals surface area contributed by atoms with Crippen molar-refractivity contribution in [1.29, 1.82) is 0 Å². The molecule has 0 radical (unpaired) electrons. The molecule has 0 saturated heterocycles. The predicted octanol–water partition coefficient (Wildman–Crippen LogP) is 2.90. The van der Waals surface area contributed by atoms with Crippen molar-refractivity contribution in [2.24, 2.45) is 0 Å². The Labute approximate surface area is 139 Å². The van der Waals surface area contributed by atoms with Crippen molar-refractivity contribution in [3.63, 3.8) is 0 Å². The van der Waals surface area contributed by atoms with E-state index in [1.54, 1.807) is 38.1 Å². The van der Waals surface area contributed by atoms with Gasteiger partial charge in [0.1, 0.15) is 22.9 Å². The molecule has 0 unspecified atom stereocenters. The van der Waals surface area contributed by atoms with Crippen molar-refractivity contribution in [3.05, 3.63) is 52.4 Å². The van der Waals surface area contributed by atoms with Crippen molar-refractivity contribution < 1.29 is 19.4 Å². The lowest BCUT2D eigenvalue weighted by molar-refractivity contribution is -0.122. The van der Waals surface area contributed by atoms with E-state index in [-0.39, 0.29) is 29.6 Å². The Morgan fingerprint density at radius 3 is 2.70 bits per heavy atom. The fourth-order valence-electron chi connectivity index (χ4n) is 2.13. The second kappa shape index (κ2) is 7.06. The van der Waals surface area contributed by atoms with Gasteiger partial charge in [0.05, 0.1) is 11.6 Å². The molecule has 3 N–H and O–H groups in total. The third-order valence-corrected chi connectivity index (χ3v) is 3.86. The summed E-state index contributed by atoms with van der Waals surface area (Å²) in [4.78, 5) is 11.9. The van der Waals surface area contributed by atoms with Gasteiger partial charge in [-0.3, -0.25) is 4.79 Å². The van der Waals surface area contributed by atoms with Crippen LogP contribution >= 0.6 is 11.6 Å². The third kappa shape index (κ3) is 4.74. The molecule has 124 valence electrons. The van der Waals surface area contributed by atoms with Crippen molar-refractivity contribution in [2.75, 3.05) is 6.54 Å². The van der Waals surface area contributed by atoms with Crippen molar-refractivity contribution in [1.82, 2.24) is 5.32 Å². The van der Waals surface area contributed by atoms with E-state index in [9.17, 15) is 15.0 Å². The number of rotatable bonds is 6. The summed E-state index contributed by atoms with van der Waals surface area (Å²) in [6, 6.07) is 8.31. The van der Waals surface area contributed by atoms with Gasteiger partial charge >= 0.3 is 0 Å². The molecular weight excluding hydrogens is 318 g/mol. The Bertz CT molecular complexity index is 694. The Kier molecular flexibility index (Phi) is 5.34. The lowest BCUT2D eigenvalue weighted by Crippen LogP contribution is -2.38. The minimum Gasteiger partial charge on any atom is -0.506 e. The third-order valence-electron chi connectivity index (χ3n) is 3.55. The van der Waals surface area contributed by atoms with E-state index >= 15 is 0 Å². The maximum absolute atomic E-state index is 11.9. The second-order valence-electron chi connectivity index (χ2n) is 5.75. The van der Waals surface area contributed by atoms with Crippen LogP contribution in [0.4, 0.5) is 0 Å². The van der Waals surface area contributed by atoms with E-state index in [1.807, 2.05) is 0 Å². The second-order valence-corrected chi connectivity index (χ2v) is 6.15. The van der Waals surface area contributed by atoms with E-state index in [0.29, 0.717) is 17.9 Å². The maximum atomic E-state index is 11.9. The van der Waals surface area contributed by atoms with Crippen molar-refractivity contribution >= 4 is 17.5 Å². The number of hydrogen-bond donors (Lipinski definition) is 3. The molecule has 1 heterocycles. The Balaban J connectivity index is 1.84. The first-order chi connectivity index (χ1) is 10.8. The average molecular weight is 338 g/mol. The Morgan fingerprint density at radius 1 is 1.35 bits per heavy atom. The van der Waals surface area contributed by atoms with Crippen LogP contribution in [-0.2, 0) is 16.8 Å². The first-order valence-electron chi connectivity index (χ1n) is 7.31. The summed E-state index contributed by atoms with van der Waals surface area (Å²) in [6.45, 7) is 3.45. The van der Waals surface area contributed by atoms with E-state index in [4.69, 9.17) is 16.0 Å². The van der Waals surface area contributed by atoms with Gasteiger partial charge in [-0.25, -0.2) is 0 Å². The zero-order valence-corrected chi connectivity index (χ0v) is 13.9. The zero-order chi connectivity index (χ0) is 17.0. The highest BCUT2D eigenvalue weighted by molar-refractivity contribution is 6.32. The monoisotopic (exact) mass is 337 g/mol. The number of amides is 1. The summed E-state index contributed by atoms with van der Waals surface area (Å²) in [6.07, 6.45) is 0.752. The van der Waals surface area contributed by atoms with Crippen LogP contribution in [0.15, 0.2) is 34.7 Å². The molecule has 1 aromatic heterocycles. The number of carbonyl (C=O) groups is 1. The van der Waals surface area contributed by atoms with Crippen LogP contribution < -0.4 is 5.32 Å². The van der Waals surface area contributed by atoms with Crippen LogP contribution in [-0.4, -0.2) is 22.7 Å². The minimum atomic E-state index is -1.26. The standard InChI is InChI=1S/C17H20ClNO4/c1-11-3-7-15(23-11)17(2,22)10-19-16(21)8-5-12-4-6-14(20)13(18)9-12/h3-4,6-7,9,20,22H,5,8,10H2,1-2H3,(H,19,21)/t17-/m0/s1. The van der Waals surface area contributed by atoms with Gasteiger partial charge in [0.25, 0.3) is 0 Å². The number of phenolic OH excluding ortho intramolecular Hbond substituents is 1. The molecule has 2 rings (SSSR count). The van der Waals surface area contributed by atoms with E-state index in [1.165, 1.54) is 6.07 Å². The highest BCUT2D eigenvalue weighted by Crippen LogP contribution is 2.24. The largest absolute Gasteiger partial charge is 0.506 e. The number of benzene rings is 1. The fourth-order valence-corrected chi connectivity index (χ4v) is 2.34. The van der Waals surface area contributed by atoms with Crippen molar-refractivity contribution in [3.8, 4) is 5.75 Å². The molecule has 0 spiro atoms. The molecule has 1 aromatic carbocycles. The Morgan fingerprint density at radius 2 is 2.09 bits per heavy atom. The first kappa shape index (κ1) is 17.4. The maximum Gasteiger partial charge on any atom is 0.220 e. The molecule has 2 aromatic rings. The number of halogens is 1. The van der Waals surface area contributed by atoms with Gasteiger partial charge in [-0.2, -0.15) is 0 Å². The molecular formula is C17H20ClNO4. The molecule has 1 amide bonds. The summed E-state index contributed by atoms with van der Waals surface area (Å²) in [5, 5.41) is 22.7. The molecule has 1 atom stereocenters. The van der Waals surface area contributed by atoms with Gasteiger partial charge in [0.2, 0.25) is 5.91 Å². The molecule has 0 bridgehead atoms. The molecule has 0 fully saturated rings. The van der Waals surface area contributed by atoms with Crippen LogP contribution in [0.2, 0.25) is 5.02 Å². The number of phenols is 1. The van der Waals surface area contributed by atoms with E-state index in [2.05, 4.69) is 5.32 Å². The van der Waals surface area contributed by atoms with Crippen LogP contribution in [0.5, 0.6) is 5.75 Å². The summed E-state index contributed by atoms with van der Waals surface area (Å²) in [7, 11) is 0. The quantitative estimate of drug-likeness (QED) is 0.757. The minimum absolute atomic E-state index is 0.0182. The smallest absolute Gasteiger partial charge is 0.220 e. The highest BCUT2D eigenvalue weighted by Gasteiger charge is 2.27. The summed E-state index contributed by atoms with van der Waals surface area (Å²) in [5.74, 6) is 0.957. The number of nitrogens with one attached hydrogen (secondary N) is 1. The fraction of sp³-hybridized carbons (Fsp3) is 0.353. The molecule has 0 aliphatic rings. The van der Waals surface area contributed by atoms with Gasteiger partial charge in [-0.1, -0.05) is 17.7 Å². The number of carbonyl (C=O) groups excluding carboxylic acids is 1. The lowest BCUT2D eigenvalue weighted by atomic mass is 10.0. The number of aliphatic hydroxyl groups is 1. The molecule has 0 aliphatic carbocycles. The lowest BCUT2D eigenvalue weighted by Gasteiger charge is -2.21. The summed E-state index contributed by atoms with van der Waals surface area (Å²) in [5.41, 5.74) is -0.400. The predicted molar refractivity (Wildman–Crippen MR) is 87.5 cm³/mol. The molecule has 6 heteroatoms. The van der Waals surface area contributed by atoms with Gasteiger partial charge < -0.3 is 19.9 Å².